The number of nitrogens with one attached hydrogen (secondary N) is 3. The van der Waals surface area contributed by atoms with Crippen LogP contribution in [0.15, 0.2) is 0 Å². The highest BCUT2D eigenvalue weighted by Crippen LogP contribution is 2.18. The van der Waals surface area contributed by atoms with Crippen molar-refractivity contribution in [3.8, 4) is 0 Å². The van der Waals surface area contributed by atoms with E-state index in [2.05, 4.69) is 16.0 Å². The molecular formula is C11H19N3O2. The van der Waals surface area contributed by atoms with Gasteiger partial charge in [-0.15, -0.1) is 0 Å². The maximum absolute atomic E-state index is 11.5. The maximum Gasteiger partial charge on any atom is 0.242 e. The SMILES string of the molecule is O=C(CCNC1CC1)NC1CCCNC1=O. The molecule has 2 amide bonds. The van der Waals surface area contributed by atoms with Gasteiger partial charge in [0.15, 0.2) is 0 Å². The Bertz CT molecular complexity index is 276. The van der Waals surface area contributed by atoms with E-state index in [0.717, 1.165) is 19.4 Å². The Kier molecular flexibility index (Phi) is 3.77. The van der Waals surface area contributed by atoms with Crippen molar-refractivity contribution in [3.05, 3.63) is 0 Å². The molecule has 2 fully saturated rings. The fraction of sp³-hybridized carbons (Fsp3) is 0.818. The number of hydrogen-bond donors (Lipinski definition) is 3. The minimum Gasteiger partial charge on any atom is -0.354 e. The Morgan fingerprint density at radius 3 is 2.88 bits per heavy atom. The Hall–Kier alpha value is -1.10. The normalized spacial score (nSPS) is 25.0. The third-order valence-electron chi connectivity index (χ3n) is 2.98. The molecule has 5 heteroatoms. The van der Waals surface area contributed by atoms with E-state index in [1.807, 2.05) is 0 Å². The fourth-order valence-corrected chi connectivity index (χ4v) is 1.85. The van der Waals surface area contributed by atoms with Gasteiger partial charge in [0, 0.05) is 25.6 Å². The van der Waals surface area contributed by atoms with Gasteiger partial charge in [-0.1, -0.05) is 0 Å². The minimum absolute atomic E-state index is 0.0322. The molecule has 1 aliphatic carbocycles. The number of hydrogen-bond acceptors (Lipinski definition) is 3. The molecule has 0 aromatic carbocycles. The van der Waals surface area contributed by atoms with Crippen LogP contribution >= 0.6 is 0 Å². The first-order chi connectivity index (χ1) is 7.75. The van der Waals surface area contributed by atoms with Crippen LogP contribution < -0.4 is 16.0 Å². The van der Waals surface area contributed by atoms with Gasteiger partial charge >= 0.3 is 0 Å². The van der Waals surface area contributed by atoms with E-state index in [1.165, 1.54) is 12.8 Å². The van der Waals surface area contributed by atoms with E-state index in [9.17, 15) is 9.59 Å². The average molecular weight is 225 g/mol. The van der Waals surface area contributed by atoms with Gasteiger partial charge < -0.3 is 16.0 Å². The lowest BCUT2D eigenvalue weighted by Crippen LogP contribution is -2.50. The summed E-state index contributed by atoms with van der Waals surface area (Å²) in [5.74, 6) is -0.0787. The van der Waals surface area contributed by atoms with Crippen LogP contribution in [0, 0.1) is 0 Å². The molecule has 0 bridgehead atoms. The van der Waals surface area contributed by atoms with E-state index in [4.69, 9.17) is 0 Å². The molecule has 2 rings (SSSR count). The van der Waals surface area contributed by atoms with Gasteiger partial charge in [-0.2, -0.15) is 0 Å². The highest BCUT2D eigenvalue weighted by molar-refractivity contribution is 5.88. The van der Waals surface area contributed by atoms with Crippen LogP contribution in [-0.4, -0.2) is 37.0 Å². The molecule has 0 aromatic rings. The van der Waals surface area contributed by atoms with E-state index >= 15 is 0 Å². The zero-order chi connectivity index (χ0) is 11.4. The molecule has 0 spiro atoms. The first-order valence-electron chi connectivity index (χ1n) is 6.06. The van der Waals surface area contributed by atoms with E-state index < -0.39 is 0 Å². The van der Waals surface area contributed by atoms with Gasteiger partial charge in [0.05, 0.1) is 0 Å². The van der Waals surface area contributed by atoms with Gasteiger partial charge in [0.25, 0.3) is 0 Å². The van der Waals surface area contributed by atoms with Crippen molar-refractivity contribution in [2.75, 3.05) is 13.1 Å². The number of rotatable bonds is 5. The van der Waals surface area contributed by atoms with Crippen LogP contribution in [-0.2, 0) is 9.59 Å². The van der Waals surface area contributed by atoms with E-state index in [1.54, 1.807) is 0 Å². The van der Waals surface area contributed by atoms with Crippen molar-refractivity contribution in [2.24, 2.45) is 0 Å². The summed E-state index contributed by atoms with van der Waals surface area (Å²) in [6.07, 6.45) is 4.62. The number of carbonyl (C=O) groups excluding carboxylic acids is 2. The quantitative estimate of drug-likeness (QED) is 0.592. The Balaban J connectivity index is 1.62. The van der Waals surface area contributed by atoms with Crippen molar-refractivity contribution >= 4 is 11.8 Å². The summed E-state index contributed by atoms with van der Waals surface area (Å²) in [4.78, 5) is 22.9. The van der Waals surface area contributed by atoms with Gasteiger partial charge in [0.1, 0.15) is 6.04 Å². The summed E-state index contributed by atoms with van der Waals surface area (Å²) < 4.78 is 0. The molecule has 16 heavy (non-hydrogen) atoms. The molecule has 1 aliphatic heterocycles. The lowest BCUT2D eigenvalue weighted by Gasteiger charge is -2.22. The van der Waals surface area contributed by atoms with Crippen LogP contribution in [0.5, 0.6) is 0 Å². The first kappa shape index (κ1) is 11.4. The first-order valence-corrected chi connectivity index (χ1v) is 6.06. The zero-order valence-corrected chi connectivity index (χ0v) is 9.42. The highest BCUT2D eigenvalue weighted by Gasteiger charge is 2.24. The monoisotopic (exact) mass is 225 g/mol. The number of piperidine rings is 1. The average Bonchev–Trinajstić information content (AvgIpc) is 3.05. The second kappa shape index (κ2) is 5.30. The minimum atomic E-state index is -0.317. The van der Waals surface area contributed by atoms with Crippen LogP contribution in [0.4, 0.5) is 0 Å². The lowest BCUT2D eigenvalue weighted by atomic mass is 10.1. The third-order valence-corrected chi connectivity index (χ3v) is 2.98. The molecule has 2 aliphatic rings. The fourth-order valence-electron chi connectivity index (χ4n) is 1.85. The lowest BCUT2D eigenvalue weighted by molar-refractivity contribution is -0.130. The molecule has 1 saturated carbocycles. The smallest absolute Gasteiger partial charge is 0.242 e. The molecule has 1 heterocycles. The third kappa shape index (κ3) is 3.48. The van der Waals surface area contributed by atoms with Crippen LogP contribution in [0.1, 0.15) is 32.1 Å². The summed E-state index contributed by atoms with van der Waals surface area (Å²) in [7, 11) is 0. The van der Waals surface area contributed by atoms with Gasteiger partial charge in [-0.3, -0.25) is 9.59 Å². The second-order valence-corrected chi connectivity index (χ2v) is 4.53. The molecular weight excluding hydrogens is 206 g/mol. The van der Waals surface area contributed by atoms with Crippen molar-refractivity contribution in [3.63, 3.8) is 0 Å². The molecule has 5 nitrogen and oxygen atoms in total. The molecule has 1 atom stereocenters. The van der Waals surface area contributed by atoms with E-state index in [0.29, 0.717) is 19.0 Å². The number of carbonyl (C=O) groups is 2. The zero-order valence-electron chi connectivity index (χ0n) is 9.42. The van der Waals surface area contributed by atoms with Crippen molar-refractivity contribution in [2.45, 2.75) is 44.2 Å². The van der Waals surface area contributed by atoms with Crippen LogP contribution in [0.25, 0.3) is 0 Å². The van der Waals surface area contributed by atoms with Crippen molar-refractivity contribution in [1.29, 1.82) is 0 Å². The standard InChI is InChI=1S/C11H19N3O2/c15-10(5-7-12-8-3-4-8)14-9-2-1-6-13-11(9)16/h8-9,12H,1-7H2,(H,13,16)(H,14,15). The molecule has 0 aromatic heterocycles. The molecule has 90 valence electrons. The maximum atomic E-state index is 11.5. The van der Waals surface area contributed by atoms with Gasteiger partial charge in [0.2, 0.25) is 11.8 Å². The molecule has 1 saturated heterocycles. The summed E-state index contributed by atoms with van der Waals surface area (Å²) in [5.41, 5.74) is 0. The Labute approximate surface area is 95.3 Å². The topological polar surface area (TPSA) is 70.2 Å². The second-order valence-electron chi connectivity index (χ2n) is 4.53. The Morgan fingerprint density at radius 1 is 1.38 bits per heavy atom. The van der Waals surface area contributed by atoms with Crippen LogP contribution in [0.3, 0.4) is 0 Å². The molecule has 0 radical (unpaired) electrons. The summed E-state index contributed by atoms with van der Waals surface area (Å²) >= 11 is 0. The summed E-state index contributed by atoms with van der Waals surface area (Å²) in [5, 5.41) is 8.80. The van der Waals surface area contributed by atoms with Gasteiger partial charge in [-0.05, 0) is 25.7 Å². The predicted molar refractivity (Wildman–Crippen MR) is 59.8 cm³/mol. The molecule has 3 N–H and O–H groups in total. The highest BCUT2D eigenvalue weighted by atomic mass is 16.2. The van der Waals surface area contributed by atoms with Crippen LogP contribution in [0.2, 0.25) is 0 Å². The summed E-state index contributed by atoms with van der Waals surface area (Å²) in [6, 6.07) is 0.313. The molecule has 1 unspecified atom stereocenters. The van der Waals surface area contributed by atoms with E-state index in [-0.39, 0.29) is 17.9 Å². The number of amides is 2. The van der Waals surface area contributed by atoms with Crippen molar-refractivity contribution < 1.29 is 9.59 Å². The largest absolute Gasteiger partial charge is 0.354 e. The van der Waals surface area contributed by atoms with Crippen molar-refractivity contribution in [1.82, 2.24) is 16.0 Å². The summed E-state index contributed by atoms with van der Waals surface area (Å²) in [6.45, 7) is 1.44. The predicted octanol–water partition coefficient (Wildman–Crippen LogP) is -0.477. The Morgan fingerprint density at radius 2 is 2.19 bits per heavy atom. The van der Waals surface area contributed by atoms with Gasteiger partial charge in [-0.25, -0.2) is 0 Å².